The molecule has 78 valence electrons. The number of aliphatic hydroxyl groups excluding tert-OH is 1. The Kier molecular flexibility index (Phi) is 4.39. The quantitative estimate of drug-likeness (QED) is 0.835. The van der Waals surface area contributed by atoms with Gasteiger partial charge in [-0.05, 0) is 18.6 Å². The molecule has 0 saturated heterocycles. The molecular formula is C11H15ClO2. The van der Waals surface area contributed by atoms with Gasteiger partial charge in [0.15, 0.2) is 0 Å². The van der Waals surface area contributed by atoms with Crippen LogP contribution in [0.4, 0.5) is 0 Å². The highest BCUT2D eigenvalue weighted by molar-refractivity contribution is 6.31. The predicted octanol–water partition coefficient (Wildman–Crippen LogP) is 2.80. The molecule has 0 aliphatic rings. The SMILES string of the molecule is COC(C)CC(O)c1ccccc1Cl. The van der Waals surface area contributed by atoms with Crippen molar-refractivity contribution in [1.29, 1.82) is 0 Å². The van der Waals surface area contributed by atoms with Gasteiger partial charge in [0.25, 0.3) is 0 Å². The van der Waals surface area contributed by atoms with E-state index in [1.165, 1.54) is 0 Å². The van der Waals surface area contributed by atoms with Crippen molar-refractivity contribution in [1.82, 2.24) is 0 Å². The van der Waals surface area contributed by atoms with E-state index in [1.807, 2.05) is 25.1 Å². The molecule has 14 heavy (non-hydrogen) atoms. The van der Waals surface area contributed by atoms with Crippen molar-refractivity contribution in [3.8, 4) is 0 Å². The van der Waals surface area contributed by atoms with Gasteiger partial charge in [-0.1, -0.05) is 29.8 Å². The third-order valence-electron chi connectivity index (χ3n) is 2.22. The Hall–Kier alpha value is -0.570. The van der Waals surface area contributed by atoms with Crippen molar-refractivity contribution in [2.24, 2.45) is 0 Å². The summed E-state index contributed by atoms with van der Waals surface area (Å²) in [6, 6.07) is 7.31. The van der Waals surface area contributed by atoms with Crippen LogP contribution >= 0.6 is 11.6 Å². The lowest BCUT2D eigenvalue weighted by Gasteiger charge is -2.16. The van der Waals surface area contributed by atoms with Gasteiger partial charge < -0.3 is 9.84 Å². The molecule has 0 aromatic heterocycles. The molecule has 0 aliphatic carbocycles. The number of aliphatic hydroxyl groups is 1. The third-order valence-corrected chi connectivity index (χ3v) is 2.57. The smallest absolute Gasteiger partial charge is 0.0829 e. The van der Waals surface area contributed by atoms with Crippen molar-refractivity contribution < 1.29 is 9.84 Å². The van der Waals surface area contributed by atoms with E-state index in [2.05, 4.69) is 0 Å². The van der Waals surface area contributed by atoms with Crippen LogP contribution in [0.2, 0.25) is 5.02 Å². The first-order chi connectivity index (χ1) is 6.65. The minimum atomic E-state index is -0.557. The molecule has 1 aromatic carbocycles. The second-order valence-electron chi connectivity index (χ2n) is 3.32. The minimum absolute atomic E-state index is 0.0290. The van der Waals surface area contributed by atoms with Crippen molar-refractivity contribution in [3.05, 3.63) is 34.9 Å². The van der Waals surface area contributed by atoms with Crippen LogP contribution in [0.15, 0.2) is 24.3 Å². The summed E-state index contributed by atoms with van der Waals surface area (Å²) in [6.45, 7) is 1.92. The topological polar surface area (TPSA) is 29.5 Å². The van der Waals surface area contributed by atoms with E-state index in [1.54, 1.807) is 13.2 Å². The summed E-state index contributed by atoms with van der Waals surface area (Å²) >= 11 is 5.94. The number of hydrogen-bond donors (Lipinski definition) is 1. The summed E-state index contributed by atoms with van der Waals surface area (Å²) < 4.78 is 5.08. The molecule has 0 bridgehead atoms. The third kappa shape index (κ3) is 2.98. The fourth-order valence-corrected chi connectivity index (χ4v) is 1.54. The molecule has 1 aromatic rings. The lowest BCUT2D eigenvalue weighted by molar-refractivity contribution is 0.0560. The van der Waals surface area contributed by atoms with Crippen LogP contribution < -0.4 is 0 Å². The highest BCUT2D eigenvalue weighted by Gasteiger charge is 2.14. The number of ether oxygens (including phenoxy) is 1. The Labute approximate surface area is 89.5 Å². The molecule has 3 heteroatoms. The zero-order valence-corrected chi connectivity index (χ0v) is 9.16. The van der Waals surface area contributed by atoms with Crippen LogP contribution in [0.25, 0.3) is 0 Å². The molecule has 0 aliphatic heterocycles. The summed E-state index contributed by atoms with van der Waals surface area (Å²) in [5.41, 5.74) is 0.762. The molecule has 0 spiro atoms. The second-order valence-corrected chi connectivity index (χ2v) is 3.73. The first kappa shape index (κ1) is 11.5. The molecule has 2 nitrogen and oxygen atoms in total. The summed E-state index contributed by atoms with van der Waals surface area (Å²) in [5, 5.41) is 10.4. The van der Waals surface area contributed by atoms with Crippen LogP contribution in [-0.2, 0) is 4.74 Å². The normalized spacial score (nSPS) is 15.1. The second kappa shape index (κ2) is 5.35. The van der Waals surface area contributed by atoms with Crippen molar-refractivity contribution in [2.75, 3.05) is 7.11 Å². The molecule has 0 saturated carbocycles. The van der Waals surface area contributed by atoms with Crippen molar-refractivity contribution in [2.45, 2.75) is 25.6 Å². The highest BCUT2D eigenvalue weighted by Crippen LogP contribution is 2.26. The van der Waals surface area contributed by atoms with Gasteiger partial charge in [-0.15, -0.1) is 0 Å². The molecule has 0 heterocycles. The number of hydrogen-bond acceptors (Lipinski definition) is 2. The van der Waals surface area contributed by atoms with Gasteiger partial charge in [-0.2, -0.15) is 0 Å². The summed E-state index contributed by atoms with van der Waals surface area (Å²) in [6.07, 6.45) is 0.0279. The van der Waals surface area contributed by atoms with Crippen molar-refractivity contribution in [3.63, 3.8) is 0 Å². The summed E-state index contributed by atoms with van der Waals surface area (Å²) in [4.78, 5) is 0. The van der Waals surface area contributed by atoms with E-state index in [-0.39, 0.29) is 6.10 Å². The zero-order valence-electron chi connectivity index (χ0n) is 8.40. The number of benzene rings is 1. The number of methoxy groups -OCH3 is 1. The molecule has 2 atom stereocenters. The van der Waals surface area contributed by atoms with E-state index in [0.29, 0.717) is 11.4 Å². The minimum Gasteiger partial charge on any atom is -0.388 e. The Balaban J connectivity index is 2.69. The maximum atomic E-state index is 9.84. The number of halogens is 1. The standard InChI is InChI=1S/C11H15ClO2/c1-8(14-2)7-11(13)9-5-3-4-6-10(9)12/h3-6,8,11,13H,7H2,1-2H3. The van der Waals surface area contributed by atoms with E-state index >= 15 is 0 Å². The van der Waals surface area contributed by atoms with Crippen LogP contribution in [0, 0.1) is 0 Å². The van der Waals surface area contributed by atoms with E-state index in [0.717, 1.165) is 5.56 Å². The lowest BCUT2D eigenvalue weighted by Crippen LogP contribution is -2.11. The van der Waals surface area contributed by atoms with E-state index < -0.39 is 6.10 Å². The average Bonchev–Trinajstić information content (AvgIpc) is 2.18. The molecule has 0 amide bonds. The predicted molar refractivity (Wildman–Crippen MR) is 57.5 cm³/mol. The van der Waals surface area contributed by atoms with E-state index in [4.69, 9.17) is 16.3 Å². The van der Waals surface area contributed by atoms with Gasteiger partial charge in [-0.3, -0.25) is 0 Å². The highest BCUT2D eigenvalue weighted by atomic mass is 35.5. The van der Waals surface area contributed by atoms with Crippen LogP contribution in [0.5, 0.6) is 0 Å². The molecule has 1 rings (SSSR count). The first-order valence-corrected chi connectivity index (χ1v) is 4.98. The van der Waals surface area contributed by atoms with Gasteiger partial charge in [0.05, 0.1) is 12.2 Å². The maximum absolute atomic E-state index is 9.84. The summed E-state index contributed by atoms with van der Waals surface area (Å²) in [7, 11) is 1.63. The molecular weight excluding hydrogens is 200 g/mol. The van der Waals surface area contributed by atoms with Gasteiger partial charge in [0.2, 0.25) is 0 Å². The Bertz CT molecular complexity index is 288. The van der Waals surface area contributed by atoms with Gasteiger partial charge in [0.1, 0.15) is 0 Å². The lowest BCUT2D eigenvalue weighted by atomic mass is 10.0. The molecule has 2 unspecified atom stereocenters. The Morgan fingerprint density at radius 2 is 2.07 bits per heavy atom. The Morgan fingerprint density at radius 1 is 1.43 bits per heavy atom. The molecule has 0 fully saturated rings. The fraction of sp³-hybridized carbons (Fsp3) is 0.455. The van der Waals surface area contributed by atoms with Gasteiger partial charge >= 0.3 is 0 Å². The summed E-state index contributed by atoms with van der Waals surface area (Å²) in [5.74, 6) is 0. The first-order valence-electron chi connectivity index (χ1n) is 4.60. The van der Waals surface area contributed by atoms with Crippen LogP contribution in [0.3, 0.4) is 0 Å². The largest absolute Gasteiger partial charge is 0.388 e. The monoisotopic (exact) mass is 214 g/mol. The number of rotatable bonds is 4. The van der Waals surface area contributed by atoms with Crippen LogP contribution in [-0.4, -0.2) is 18.3 Å². The Morgan fingerprint density at radius 3 is 2.64 bits per heavy atom. The maximum Gasteiger partial charge on any atom is 0.0829 e. The zero-order chi connectivity index (χ0) is 10.6. The van der Waals surface area contributed by atoms with Gasteiger partial charge in [-0.25, -0.2) is 0 Å². The average molecular weight is 215 g/mol. The van der Waals surface area contributed by atoms with E-state index in [9.17, 15) is 5.11 Å². The molecule has 1 N–H and O–H groups in total. The van der Waals surface area contributed by atoms with Crippen molar-refractivity contribution >= 4 is 11.6 Å². The van der Waals surface area contributed by atoms with Crippen LogP contribution in [0.1, 0.15) is 25.0 Å². The molecule has 0 radical (unpaired) electrons. The fourth-order valence-electron chi connectivity index (χ4n) is 1.28. The van der Waals surface area contributed by atoms with Gasteiger partial charge in [0, 0.05) is 18.6 Å².